The molecule has 0 spiro atoms. The van der Waals surface area contributed by atoms with Crippen molar-refractivity contribution in [1.82, 2.24) is 0 Å². The van der Waals surface area contributed by atoms with Gasteiger partial charge >= 0.3 is 5.97 Å². The van der Waals surface area contributed by atoms with Gasteiger partial charge in [-0.05, 0) is 0 Å². The van der Waals surface area contributed by atoms with Gasteiger partial charge in [0.05, 0.1) is 25.0 Å². The highest BCUT2D eigenvalue weighted by Crippen LogP contribution is 2.33. The van der Waals surface area contributed by atoms with Crippen molar-refractivity contribution in [2.24, 2.45) is 5.73 Å². The summed E-state index contributed by atoms with van der Waals surface area (Å²) in [6, 6.07) is -1.34. The number of carboxylic acids is 1. The first-order valence-corrected chi connectivity index (χ1v) is 7.97. The third-order valence-corrected chi connectivity index (χ3v) is 3.73. The maximum atomic E-state index is 11.4. The maximum Gasteiger partial charge on any atom is 0.365 e. The van der Waals surface area contributed by atoms with Crippen LogP contribution >= 0.6 is 0 Å². The van der Waals surface area contributed by atoms with E-state index in [2.05, 4.69) is 4.18 Å². The summed E-state index contributed by atoms with van der Waals surface area (Å²) in [5.41, 5.74) is 5.58. The van der Waals surface area contributed by atoms with E-state index in [-0.39, 0.29) is 0 Å². The summed E-state index contributed by atoms with van der Waals surface area (Å²) in [6.07, 6.45) is -7.14. The highest BCUT2D eigenvalue weighted by molar-refractivity contribution is 7.86. The molecular weight excluding hydrogens is 326 g/mol. The molecule has 7 N–H and O–H groups in total. The minimum atomic E-state index is -4.29. The van der Waals surface area contributed by atoms with E-state index < -0.39 is 65.4 Å². The van der Waals surface area contributed by atoms with Crippen LogP contribution in [0, 0.1) is 0 Å². The molecule has 22 heavy (non-hydrogen) atoms. The second kappa shape index (κ2) is 6.72. The SMILES string of the molecule is CS(=O)(=O)O[C@@]1(C(=O)O)C[C@H](O)[C@@H](N)[C@H]([C@H](O)[C@H](O)CO)O1. The van der Waals surface area contributed by atoms with Crippen molar-refractivity contribution in [2.75, 3.05) is 12.9 Å². The lowest BCUT2D eigenvalue weighted by molar-refractivity contribution is -0.280. The van der Waals surface area contributed by atoms with E-state index in [1.807, 2.05) is 0 Å². The molecule has 1 aliphatic rings. The van der Waals surface area contributed by atoms with Crippen molar-refractivity contribution < 1.29 is 47.7 Å². The number of aliphatic hydroxyl groups excluding tert-OH is 4. The van der Waals surface area contributed by atoms with Crippen LogP contribution in [0.1, 0.15) is 6.42 Å². The molecule has 1 fully saturated rings. The lowest BCUT2D eigenvalue weighted by Crippen LogP contribution is -2.66. The van der Waals surface area contributed by atoms with Crippen LogP contribution in [0.5, 0.6) is 0 Å². The van der Waals surface area contributed by atoms with Gasteiger partial charge in [-0.25, -0.2) is 8.98 Å². The molecule has 130 valence electrons. The first-order valence-electron chi connectivity index (χ1n) is 6.16. The molecule has 0 aliphatic carbocycles. The zero-order valence-electron chi connectivity index (χ0n) is 11.6. The van der Waals surface area contributed by atoms with Crippen LogP contribution in [0.4, 0.5) is 0 Å². The average Bonchev–Trinajstić information content (AvgIpc) is 2.39. The zero-order valence-corrected chi connectivity index (χ0v) is 12.4. The Morgan fingerprint density at radius 1 is 1.50 bits per heavy atom. The Kier molecular flexibility index (Phi) is 5.86. The molecule has 0 amide bonds. The van der Waals surface area contributed by atoms with Crippen molar-refractivity contribution in [3.8, 4) is 0 Å². The van der Waals surface area contributed by atoms with E-state index in [9.17, 15) is 33.6 Å². The topological polar surface area (TPSA) is 197 Å². The van der Waals surface area contributed by atoms with Gasteiger partial charge in [0.25, 0.3) is 15.9 Å². The summed E-state index contributed by atoms with van der Waals surface area (Å²) in [7, 11) is -4.29. The quantitative estimate of drug-likeness (QED) is 0.256. The summed E-state index contributed by atoms with van der Waals surface area (Å²) < 4.78 is 31.9. The normalized spacial score (nSPS) is 35.8. The van der Waals surface area contributed by atoms with Crippen LogP contribution in [0.15, 0.2) is 0 Å². The van der Waals surface area contributed by atoms with Gasteiger partial charge in [0.15, 0.2) is 0 Å². The number of rotatable bonds is 6. The van der Waals surface area contributed by atoms with E-state index in [0.29, 0.717) is 6.26 Å². The van der Waals surface area contributed by atoms with Crippen molar-refractivity contribution in [3.05, 3.63) is 0 Å². The van der Waals surface area contributed by atoms with E-state index >= 15 is 0 Å². The van der Waals surface area contributed by atoms with Gasteiger partial charge in [-0.3, -0.25) is 0 Å². The molecular formula is C10H19NO10S. The van der Waals surface area contributed by atoms with Gasteiger partial charge in [0.1, 0.15) is 18.3 Å². The van der Waals surface area contributed by atoms with Gasteiger partial charge in [-0.2, -0.15) is 8.42 Å². The number of nitrogens with two attached hydrogens (primary N) is 1. The number of hydrogen-bond acceptors (Lipinski definition) is 10. The Hall–Kier alpha value is -0.860. The Bertz CT molecular complexity index is 510. The van der Waals surface area contributed by atoms with Gasteiger partial charge in [-0.1, -0.05) is 0 Å². The predicted octanol–water partition coefficient (Wildman–Crippen LogP) is -4.07. The fourth-order valence-electron chi connectivity index (χ4n) is 2.07. The first kappa shape index (κ1) is 19.2. The van der Waals surface area contributed by atoms with Crippen molar-refractivity contribution in [1.29, 1.82) is 0 Å². The standard InChI is InChI=1S/C10H19NO10S/c1-22(18,19)21-10(9(16)17)2-4(13)6(11)8(20-10)7(15)5(14)3-12/h4-8,12-15H,2-3,11H2,1H3,(H,16,17)/t4-,5+,6+,7+,8+,10+/m0/s1. The van der Waals surface area contributed by atoms with Gasteiger partial charge in [0, 0.05) is 6.42 Å². The molecule has 0 aromatic carbocycles. The molecule has 11 nitrogen and oxygen atoms in total. The Labute approximate surface area is 126 Å². The Balaban J connectivity index is 3.18. The number of aliphatic hydroxyl groups is 4. The lowest BCUT2D eigenvalue weighted by Gasteiger charge is -2.44. The fraction of sp³-hybridized carbons (Fsp3) is 0.900. The molecule has 1 rings (SSSR count). The molecule has 0 aromatic heterocycles. The Morgan fingerprint density at radius 2 is 2.05 bits per heavy atom. The number of carboxylic acid groups (broad SMARTS) is 1. The first-order chi connectivity index (χ1) is 9.93. The molecule has 6 atom stereocenters. The maximum absolute atomic E-state index is 11.4. The molecule has 0 aromatic rings. The van der Waals surface area contributed by atoms with Crippen molar-refractivity contribution in [3.63, 3.8) is 0 Å². The molecule has 0 unspecified atom stereocenters. The minimum absolute atomic E-state index is 0.579. The molecule has 1 aliphatic heterocycles. The average molecular weight is 345 g/mol. The van der Waals surface area contributed by atoms with Crippen molar-refractivity contribution >= 4 is 16.1 Å². The molecule has 12 heteroatoms. The predicted molar refractivity (Wildman–Crippen MR) is 68.9 cm³/mol. The number of carbonyl (C=O) groups is 1. The zero-order chi connectivity index (χ0) is 17.3. The van der Waals surface area contributed by atoms with Crippen LogP contribution in [0.2, 0.25) is 0 Å². The van der Waals surface area contributed by atoms with Gasteiger partial charge in [-0.15, -0.1) is 0 Å². The number of aliphatic carboxylic acids is 1. The minimum Gasteiger partial charge on any atom is -0.477 e. The third kappa shape index (κ3) is 4.11. The van der Waals surface area contributed by atoms with Crippen LogP contribution in [-0.4, -0.2) is 89.0 Å². The monoisotopic (exact) mass is 345 g/mol. The van der Waals surface area contributed by atoms with E-state index in [4.69, 9.17) is 15.6 Å². The molecule has 0 saturated carbocycles. The summed E-state index contributed by atoms with van der Waals surface area (Å²) in [5.74, 6) is -4.66. The number of hydrogen-bond donors (Lipinski definition) is 6. The molecule has 0 radical (unpaired) electrons. The number of ether oxygens (including phenoxy) is 1. The highest BCUT2D eigenvalue weighted by atomic mass is 32.2. The molecule has 1 heterocycles. The highest BCUT2D eigenvalue weighted by Gasteiger charge is 2.56. The largest absolute Gasteiger partial charge is 0.477 e. The Morgan fingerprint density at radius 3 is 2.45 bits per heavy atom. The summed E-state index contributed by atoms with van der Waals surface area (Å²) in [4.78, 5) is 11.4. The third-order valence-electron chi connectivity index (χ3n) is 3.16. The van der Waals surface area contributed by atoms with Crippen LogP contribution in [0.3, 0.4) is 0 Å². The molecule has 1 saturated heterocycles. The molecule has 0 bridgehead atoms. The van der Waals surface area contributed by atoms with E-state index in [1.54, 1.807) is 0 Å². The lowest BCUT2D eigenvalue weighted by atomic mass is 9.89. The van der Waals surface area contributed by atoms with Crippen LogP contribution in [-0.2, 0) is 23.8 Å². The fourth-order valence-corrected chi connectivity index (χ4v) is 2.74. The van der Waals surface area contributed by atoms with Gasteiger partial charge in [0.2, 0.25) is 0 Å². The summed E-state index contributed by atoms with van der Waals surface area (Å²) >= 11 is 0. The summed E-state index contributed by atoms with van der Waals surface area (Å²) in [5, 5.41) is 47.0. The van der Waals surface area contributed by atoms with E-state index in [0.717, 1.165) is 0 Å². The summed E-state index contributed by atoms with van der Waals surface area (Å²) in [6.45, 7) is -0.892. The van der Waals surface area contributed by atoms with Crippen LogP contribution < -0.4 is 5.73 Å². The van der Waals surface area contributed by atoms with Gasteiger partial charge < -0.3 is 36.0 Å². The smallest absolute Gasteiger partial charge is 0.365 e. The van der Waals surface area contributed by atoms with Crippen LogP contribution in [0.25, 0.3) is 0 Å². The van der Waals surface area contributed by atoms with Crippen molar-refractivity contribution in [2.45, 2.75) is 42.7 Å². The van der Waals surface area contributed by atoms with E-state index in [1.165, 1.54) is 0 Å². The second-order valence-electron chi connectivity index (χ2n) is 5.02. The second-order valence-corrected chi connectivity index (χ2v) is 6.59.